The molecular weight excluding hydrogens is 203 g/mol. The van der Waals surface area contributed by atoms with Gasteiger partial charge in [0.15, 0.2) is 0 Å². The molecule has 1 aromatic rings. The summed E-state index contributed by atoms with van der Waals surface area (Å²) in [5.74, 6) is 5.94. The number of hydrogen-bond donors (Lipinski definition) is 1. The lowest BCUT2D eigenvalue weighted by atomic mass is 10.2. The highest BCUT2D eigenvalue weighted by atomic mass is 19.1. The zero-order valence-electron chi connectivity index (χ0n) is 9.17. The van der Waals surface area contributed by atoms with Gasteiger partial charge < -0.3 is 5.32 Å². The van der Waals surface area contributed by atoms with Gasteiger partial charge in [-0.3, -0.25) is 4.90 Å². The molecule has 0 aliphatic carbocycles. The summed E-state index contributed by atoms with van der Waals surface area (Å²) in [6, 6.07) is 6.30. The number of halogens is 1. The van der Waals surface area contributed by atoms with Crippen LogP contribution in [0.2, 0.25) is 0 Å². The first-order valence-electron chi connectivity index (χ1n) is 5.52. The van der Waals surface area contributed by atoms with E-state index in [1.807, 2.05) is 0 Å². The molecule has 0 radical (unpaired) electrons. The average molecular weight is 218 g/mol. The van der Waals surface area contributed by atoms with Crippen LogP contribution in [0, 0.1) is 17.7 Å². The topological polar surface area (TPSA) is 15.3 Å². The zero-order valence-corrected chi connectivity index (χ0v) is 9.17. The summed E-state index contributed by atoms with van der Waals surface area (Å²) in [5, 5.41) is 3.30. The van der Waals surface area contributed by atoms with Gasteiger partial charge in [-0.05, 0) is 24.3 Å². The molecule has 1 aromatic carbocycles. The lowest BCUT2D eigenvalue weighted by Crippen LogP contribution is -2.43. The maximum Gasteiger partial charge on any atom is 0.123 e. The molecule has 1 aliphatic rings. The highest BCUT2D eigenvalue weighted by Gasteiger charge is 2.06. The van der Waals surface area contributed by atoms with Gasteiger partial charge in [-0.15, -0.1) is 0 Å². The van der Waals surface area contributed by atoms with E-state index >= 15 is 0 Å². The smallest absolute Gasteiger partial charge is 0.123 e. The molecule has 1 fully saturated rings. The molecule has 2 rings (SSSR count). The summed E-state index contributed by atoms with van der Waals surface area (Å²) in [4.78, 5) is 2.31. The summed E-state index contributed by atoms with van der Waals surface area (Å²) >= 11 is 0. The van der Waals surface area contributed by atoms with Gasteiger partial charge in [0.1, 0.15) is 5.82 Å². The fourth-order valence-electron chi connectivity index (χ4n) is 1.66. The number of rotatable bonds is 1. The van der Waals surface area contributed by atoms with E-state index in [4.69, 9.17) is 0 Å². The Labute approximate surface area is 95.5 Å². The Hall–Kier alpha value is -1.37. The molecule has 3 heteroatoms. The number of nitrogens with one attached hydrogen (secondary N) is 1. The van der Waals surface area contributed by atoms with Crippen molar-refractivity contribution in [3.8, 4) is 11.8 Å². The number of nitrogens with zero attached hydrogens (tertiary/aromatic N) is 1. The molecule has 84 valence electrons. The molecule has 1 saturated heterocycles. The minimum atomic E-state index is -0.215. The molecule has 16 heavy (non-hydrogen) atoms. The van der Waals surface area contributed by atoms with Gasteiger partial charge in [0.2, 0.25) is 0 Å². The van der Waals surface area contributed by atoms with E-state index in [0.29, 0.717) is 0 Å². The predicted octanol–water partition coefficient (Wildman–Crippen LogP) is 1.08. The highest BCUT2D eigenvalue weighted by Crippen LogP contribution is 2.00. The lowest BCUT2D eigenvalue weighted by molar-refractivity contribution is 0.268. The number of piperazine rings is 1. The molecule has 1 N–H and O–H groups in total. The second kappa shape index (κ2) is 5.64. The van der Waals surface area contributed by atoms with Crippen LogP contribution in [-0.4, -0.2) is 37.6 Å². The van der Waals surface area contributed by atoms with Crippen molar-refractivity contribution >= 4 is 0 Å². The van der Waals surface area contributed by atoms with Crippen LogP contribution in [0.4, 0.5) is 4.39 Å². The SMILES string of the molecule is Fc1ccc(C#CCN2CCNCC2)cc1. The van der Waals surface area contributed by atoms with Crippen molar-refractivity contribution in [3.63, 3.8) is 0 Å². The Morgan fingerprint density at radius 1 is 1.19 bits per heavy atom. The number of hydrogen-bond acceptors (Lipinski definition) is 2. The van der Waals surface area contributed by atoms with Crippen molar-refractivity contribution < 1.29 is 4.39 Å². The molecule has 0 aromatic heterocycles. The lowest BCUT2D eigenvalue weighted by Gasteiger charge is -2.24. The van der Waals surface area contributed by atoms with E-state index < -0.39 is 0 Å². The first-order chi connectivity index (χ1) is 7.84. The van der Waals surface area contributed by atoms with Gasteiger partial charge in [0.25, 0.3) is 0 Å². The van der Waals surface area contributed by atoms with Crippen molar-refractivity contribution in [2.24, 2.45) is 0 Å². The standard InChI is InChI=1S/C13H15FN2/c14-13-5-3-12(4-6-13)2-1-9-16-10-7-15-8-11-16/h3-6,15H,7-11H2. The normalized spacial score (nSPS) is 16.6. The number of benzene rings is 1. The third kappa shape index (κ3) is 3.34. The third-order valence-electron chi connectivity index (χ3n) is 2.59. The monoisotopic (exact) mass is 218 g/mol. The van der Waals surface area contributed by atoms with Crippen LogP contribution < -0.4 is 5.32 Å². The molecule has 2 nitrogen and oxygen atoms in total. The Kier molecular flexibility index (Phi) is 3.92. The fraction of sp³-hybridized carbons (Fsp3) is 0.385. The van der Waals surface area contributed by atoms with Crippen LogP contribution in [-0.2, 0) is 0 Å². The molecule has 0 spiro atoms. The van der Waals surface area contributed by atoms with Crippen molar-refractivity contribution in [1.29, 1.82) is 0 Å². The Morgan fingerprint density at radius 3 is 2.56 bits per heavy atom. The predicted molar refractivity (Wildman–Crippen MR) is 62.6 cm³/mol. The van der Waals surface area contributed by atoms with Crippen molar-refractivity contribution in [2.75, 3.05) is 32.7 Å². The van der Waals surface area contributed by atoms with E-state index in [2.05, 4.69) is 22.1 Å². The summed E-state index contributed by atoms with van der Waals surface area (Å²) in [5.41, 5.74) is 0.872. The largest absolute Gasteiger partial charge is 0.314 e. The maximum absolute atomic E-state index is 12.6. The average Bonchev–Trinajstić information content (AvgIpc) is 2.33. The minimum absolute atomic E-state index is 0.215. The van der Waals surface area contributed by atoms with Crippen molar-refractivity contribution in [1.82, 2.24) is 10.2 Å². The maximum atomic E-state index is 12.6. The quantitative estimate of drug-likeness (QED) is 0.710. The van der Waals surface area contributed by atoms with Crippen molar-refractivity contribution in [2.45, 2.75) is 0 Å². The molecule has 1 heterocycles. The van der Waals surface area contributed by atoms with Crippen LogP contribution in [0.25, 0.3) is 0 Å². The Balaban J connectivity index is 1.87. The third-order valence-corrected chi connectivity index (χ3v) is 2.59. The van der Waals surface area contributed by atoms with Gasteiger partial charge in [0.05, 0.1) is 6.54 Å². The Bertz CT molecular complexity index is 383. The molecule has 0 saturated carbocycles. The minimum Gasteiger partial charge on any atom is -0.314 e. The second-order valence-electron chi connectivity index (χ2n) is 3.83. The van der Waals surface area contributed by atoms with Crippen LogP contribution in [0.1, 0.15) is 5.56 Å². The molecular formula is C13H15FN2. The van der Waals surface area contributed by atoms with Gasteiger partial charge in [-0.25, -0.2) is 4.39 Å². The summed E-state index contributed by atoms with van der Waals surface area (Å²) < 4.78 is 12.6. The Morgan fingerprint density at radius 2 is 1.88 bits per heavy atom. The van der Waals surface area contributed by atoms with E-state index in [0.717, 1.165) is 38.3 Å². The van der Waals surface area contributed by atoms with Gasteiger partial charge in [0, 0.05) is 31.7 Å². The van der Waals surface area contributed by atoms with E-state index in [9.17, 15) is 4.39 Å². The first kappa shape index (κ1) is 11.1. The zero-order chi connectivity index (χ0) is 11.2. The molecule has 0 bridgehead atoms. The highest BCUT2D eigenvalue weighted by molar-refractivity contribution is 5.34. The summed E-state index contributed by atoms with van der Waals surface area (Å²) in [7, 11) is 0. The van der Waals surface area contributed by atoms with Gasteiger partial charge in [-0.2, -0.15) is 0 Å². The van der Waals surface area contributed by atoms with Crippen LogP contribution >= 0.6 is 0 Å². The molecule has 1 aliphatic heterocycles. The van der Waals surface area contributed by atoms with E-state index in [1.165, 1.54) is 12.1 Å². The van der Waals surface area contributed by atoms with Crippen LogP contribution in [0.15, 0.2) is 24.3 Å². The molecule has 0 atom stereocenters. The first-order valence-corrected chi connectivity index (χ1v) is 5.52. The van der Waals surface area contributed by atoms with Gasteiger partial charge >= 0.3 is 0 Å². The van der Waals surface area contributed by atoms with E-state index in [1.54, 1.807) is 12.1 Å². The van der Waals surface area contributed by atoms with Crippen LogP contribution in [0.5, 0.6) is 0 Å². The second-order valence-corrected chi connectivity index (χ2v) is 3.83. The summed E-state index contributed by atoms with van der Waals surface area (Å²) in [6.45, 7) is 4.98. The van der Waals surface area contributed by atoms with Gasteiger partial charge in [-0.1, -0.05) is 11.8 Å². The fourth-order valence-corrected chi connectivity index (χ4v) is 1.66. The van der Waals surface area contributed by atoms with Crippen molar-refractivity contribution in [3.05, 3.63) is 35.6 Å². The van der Waals surface area contributed by atoms with E-state index in [-0.39, 0.29) is 5.82 Å². The molecule has 0 amide bonds. The van der Waals surface area contributed by atoms with Crippen LogP contribution in [0.3, 0.4) is 0 Å². The molecule has 0 unspecified atom stereocenters. The summed E-state index contributed by atoms with van der Waals surface area (Å²) in [6.07, 6.45) is 0.